The van der Waals surface area contributed by atoms with Gasteiger partial charge in [-0.2, -0.15) is 8.78 Å². The molecule has 0 aliphatic rings. The summed E-state index contributed by atoms with van der Waals surface area (Å²) in [5.74, 6) is -12.9. The summed E-state index contributed by atoms with van der Waals surface area (Å²) in [7, 11) is 1.80. The monoisotopic (exact) mass is 348 g/mol. The van der Waals surface area contributed by atoms with Gasteiger partial charge < -0.3 is 14.2 Å². The maximum Gasteiger partial charge on any atom is 0.324 e. The van der Waals surface area contributed by atoms with E-state index in [9.17, 15) is 27.6 Å². The highest BCUT2D eigenvalue weighted by Crippen LogP contribution is 2.38. The minimum Gasteiger partial charge on any atom is -0.493 e. The molecule has 0 aliphatic heterocycles. The first-order chi connectivity index (χ1) is 11.2. The summed E-state index contributed by atoms with van der Waals surface area (Å²) >= 11 is 0. The molecule has 132 valence electrons. The molecule has 0 bridgehead atoms. The Morgan fingerprint density at radius 3 is 1.75 bits per heavy atom. The molecule has 1 unspecified atom stereocenters. The molecule has 1 aromatic carbocycles. The molecule has 9 heteroatoms. The molecule has 0 saturated heterocycles. The van der Waals surface area contributed by atoms with Crippen LogP contribution in [-0.4, -0.2) is 38.4 Å². The van der Waals surface area contributed by atoms with E-state index in [-0.39, 0.29) is 6.61 Å². The Labute approximate surface area is 135 Å². The van der Waals surface area contributed by atoms with Gasteiger partial charge in [0.1, 0.15) is 5.56 Å². The van der Waals surface area contributed by atoms with Crippen molar-refractivity contribution in [3.63, 3.8) is 0 Å². The SMILES string of the molecule is CCOC(=O)C(C(C)=O)C(=O)c1c(OC)c(F)c(F)c(F)c1OC. The van der Waals surface area contributed by atoms with Crippen molar-refractivity contribution in [2.75, 3.05) is 20.8 Å². The quantitative estimate of drug-likeness (QED) is 0.325. The second-order valence-corrected chi connectivity index (χ2v) is 4.54. The van der Waals surface area contributed by atoms with E-state index in [2.05, 4.69) is 14.2 Å². The Kier molecular flexibility index (Phi) is 6.33. The summed E-state index contributed by atoms with van der Waals surface area (Å²) in [5, 5.41) is 0. The molecule has 0 aliphatic carbocycles. The standard InChI is InChI=1S/C15H15F3O6/c1-5-24-15(21)7(6(2)19)12(20)8-13(22-3)10(17)9(16)11(18)14(8)23-4/h7H,5H2,1-4H3. The number of carbonyl (C=O) groups is 3. The van der Waals surface area contributed by atoms with Gasteiger partial charge in [-0.15, -0.1) is 0 Å². The number of methoxy groups -OCH3 is 2. The Balaban J connectivity index is 3.66. The number of esters is 1. The molecule has 1 atom stereocenters. The molecule has 1 aromatic rings. The fourth-order valence-electron chi connectivity index (χ4n) is 2.05. The highest BCUT2D eigenvalue weighted by molar-refractivity contribution is 6.23. The smallest absolute Gasteiger partial charge is 0.324 e. The summed E-state index contributed by atoms with van der Waals surface area (Å²) in [4.78, 5) is 36.0. The van der Waals surface area contributed by atoms with Gasteiger partial charge in [-0.05, 0) is 13.8 Å². The summed E-state index contributed by atoms with van der Waals surface area (Å²) in [5.41, 5.74) is -0.898. The highest BCUT2D eigenvalue weighted by atomic mass is 19.2. The zero-order valence-corrected chi connectivity index (χ0v) is 13.4. The van der Waals surface area contributed by atoms with Gasteiger partial charge in [0.05, 0.1) is 20.8 Å². The number of carbonyl (C=O) groups excluding carboxylic acids is 3. The van der Waals surface area contributed by atoms with Crippen LogP contribution in [0.3, 0.4) is 0 Å². The van der Waals surface area contributed by atoms with Gasteiger partial charge in [0.2, 0.25) is 17.5 Å². The van der Waals surface area contributed by atoms with Crippen molar-refractivity contribution in [3.8, 4) is 11.5 Å². The normalized spacial score (nSPS) is 11.6. The largest absolute Gasteiger partial charge is 0.493 e. The molecule has 0 heterocycles. The van der Waals surface area contributed by atoms with Crippen molar-refractivity contribution < 1.29 is 41.8 Å². The van der Waals surface area contributed by atoms with Gasteiger partial charge in [0, 0.05) is 0 Å². The number of benzene rings is 1. The number of rotatable bonds is 7. The Morgan fingerprint density at radius 2 is 1.42 bits per heavy atom. The summed E-state index contributed by atoms with van der Waals surface area (Å²) in [6.45, 7) is 2.24. The maximum atomic E-state index is 13.9. The number of ketones is 2. The van der Waals surface area contributed by atoms with Gasteiger partial charge in [-0.1, -0.05) is 0 Å². The van der Waals surface area contributed by atoms with Gasteiger partial charge in [0.25, 0.3) is 0 Å². The summed E-state index contributed by atoms with van der Waals surface area (Å²) in [6, 6.07) is 0. The minimum absolute atomic E-state index is 0.129. The lowest BCUT2D eigenvalue weighted by Crippen LogP contribution is -2.33. The second-order valence-electron chi connectivity index (χ2n) is 4.54. The molecule has 0 spiro atoms. The lowest BCUT2D eigenvalue weighted by molar-refractivity contribution is -0.148. The van der Waals surface area contributed by atoms with Gasteiger partial charge in [-0.25, -0.2) is 4.39 Å². The fraction of sp³-hybridized carbons (Fsp3) is 0.400. The zero-order chi connectivity index (χ0) is 18.6. The average molecular weight is 348 g/mol. The first kappa shape index (κ1) is 19.5. The Bertz CT molecular complexity index is 655. The van der Waals surface area contributed by atoms with E-state index in [1.165, 1.54) is 6.92 Å². The van der Waals surface area contributed by atoms with Crippen molar-refractivity contribution >= 4 is 17.5 Å². The van der Waals surface area contributed by atoms with Crippen LogP contribution in [-0.2, 0) is 14.3 Å². The third kappa shape index (κ3) is 3.34. The van der Waals surface area contributed by atoms with Crippen molar-refractivity contribution in [2.45, 2.75) is 13.8 Å². The van der Waals surface area contributed by atoms with Crippen LogP contribution in [0.25, 0.3) is 0 Å². The lowest BCUT2D eigenvalue weighted by Gasteiger charge is -2.17. The van der Waals surface area contributed by atoms with E-state index in [1.807, 2.05) is 0 Å². The minimum atomic E-state index is -1.99. The van der Waals surface area contributed by atoms with Crippen LogP contribution >= 0.6 is 0 Å². The fourth-order valence-corrected chi connectivity index (χ4v) is 2.05. The van der Waals surface area contributed by atoms with Crippen molar-refractivity contribution in [1.82, 2.24) is 0 Å². The van der Waals surface area contributed by atoms with Crippen LogP contribution in [0.1, 0.15) is 24.2 Å². The van der Waals surface area contributed by atoms with Gasteiger partial charge in [0.15, 0.2) is 29.0 Å². The molecule has 0 N–H and O–H groups in total. The topological polar surface area (TPSA) is 78.9 Å². The predicted octanol–water partition coefficient (Wildman–Crippen LogP) is 2.07. The van der Waals surface area contributed by atoms with Crippen molar-refractivity contribution in [3.05, 3.63) is 23.0 Å². The number of ether oxygens (including phenoxy) is 3. The van der Waals surface area contributed by atoms with Crippen LogP contribution in [0, 0.1) is 23.4 Å². The second kappa shape index (κ2) is 7.80. The first-order valence-electron chi connectivity index (χ1n) is 6.72. The van der Waals surface area contributed by atoms with Crippen LogP contribution in [0.4, 0.5) is 13.2 Å². The zero-order valence-electron chi connectivity index (χ0n) is 13.4. The van der Waals surface area contributed by atoms with Crippen LogP contribution in [0.15, 0.2) is 0 Å². The van der Waals surface area contributed by atoms with Crippen molar-refractivity contribution in [2.24, 2.45) is 5.92 Å². The first-order valence-corrected chi connectivity index (χ1v) is 6.72. The Morgan fingerprint density at radius 1 is 0.958 bits per heavy atom. The number of Topliss-reactive ketones (excluding diaryl/α,β-unsaturated/α-hetero) is 2. The molecule has 6 nitrogen and oxygen atoms in total. The molecule has 24 heavy (non-hydrogen) atoms. The van der Waals surface area contributed by atoms with E-state index in [4.69, 9.17) is 0 Å². The van der Waals surface area contributed by atoms with Crippen LogP contribution < -0.4 is 9.47 Å². The highest BCUT2D eigenvalue weighted by Gasteiger charge is 2.40. The van der Waals surface area contributed by atoms with E-state index < -0.39 is 58.0 Å². The summed E-state index contributed by atoms with van der Waals surface area (Å²) < 4.78 is 55.1. The molecule has 0 fully saturated rings. The van der Waals surface area contributed by atoms with Crippen LogP contribution in [0.5, 0.6) is 11.5 Å². The number of halogens is 3. The average Bonchev–Trinajstić information content (AvgIpc) is 2.52. The lowest BCUT2D eigenvalue weighted by atomic mass is 9.92. The van der Waals surface area contributed by atoms with Gasteiger partial charge in [-0.3, -0.25) is 14.4 Å². The molecule has 0 saturated carbocycles. The van der Waals surface area contributed by atoms with E-state index in [0.717, 1.165) is 21.1 Å². The van der Waals surface area contributed by atoms with Crippen molar-refractivity contribution in [1.29, 1.82) is 0 Å². The molecular formula is C15H15F3O6. The molecular weight excluding hydrogens is 333 g/mol. The van der Waals surface area contributed by atoms with E-state index in [1.54, 1.807) is 0 Å². The molecule has 0 amide bonds. The van der Waals surface area contributed by atoms with E-state index in [0.29, 0.717) is 0 Å². The molecule has 1 rings (SSSR count). The van der Waals surface area contributed by atoms with Gasteiger partial charge >= 0.3 is 5.97 Å². The van der Waals surface area contributed by atoms with E-state index >= 15 is 0 Å². The third-order valence-electron chi connectivity index (χ3n) is 3.08. The maximum absolute atomic E-state index is 13.9. The number of hydrogen-bond acceptors (Lipinski definition) is 6. The summed E-state index contributed by atoms with van der Waals surface area (Å²) in [6.07, 6.45) is 0. The number of hydrogen-bond donors (Lipinski definition) is 0. The predicted molar refractivity (Wildman–Crippen MR) is 74.6 cm³/mol. The molecule has 0 radical (unpaired) electrons. The molecule has 0 aromatic heterocycles. The third-order valence-corrected chi connectivity index (χ3v) is 3.08. The van der Waals surface area contributed by atoms with Crippen LogP contribution in [0.2, 0.25) is 0 Å². The Hall–Kier alpha value is -2.58.